The number of hydrogen-bond acceptors (Lipinski definition) is 7. The summed E-state index contributed by atoms with van der Waals surface area (Å²) in [6.45, 7) is 4.17. The Morgan fingerprint density at radius 3 is 2.60 bits per heavy atom. The number of aromatic nitrogens is 4. The number of anilines is 1. The van der Waals surface area contributed by atoms with Gasteiger partial charge < -0.3 is 10.1 Å². The number of aryl methyl sites for hydroxylation is 2. The van der Waals surface area contributed by atoms with Crippen molar-refractivity contribution in [3.63, 3.8) is 0 Å². The van der Waals surface area contributed by atoms with Crippen molar-refractivity contribution in [3.8, 4) is 0 Å². The molecule has 0 aromatic carbocycles. The Balaban J connectivity index is 2.09. The number of nitrogens with zero attached hydrogens (tertiary/aromatic N) is 3. The van der Waals surface area contributed by atoms with E-state index in [1.165, 1.54) is 23.4 Å². The van der Waals surface area contributed by atoms with Crippen molar-refractivity contribution in [1.29, 1.82) is 0 Å². The van der Waals surface area contributed by atoms with Crippen LogP contribution in [0.2, 0.25) is 0 Å². The predicted molar refractivity (Wildman–Crippen MR) is 94.1 cm³/mol. The summed E-state index contributed by atoms with van der Waals surface area (Å²) in [4.78, 5) is 46.2. The molecule has 0 aliphatic carbocycles. The Morgan fingerprint density at radius 2 is 1.96 bits per heavy atom. The van der Waals surface area contributed by atoms with Crippen LogP contribution in [-0.4, -0.2) is 44.9 Å². The van der Waals surface area contributed by atoms with Crippen LogP contribution >= 0.6 is 11.8 Å². The van der Waals surface area contributed by atoms with Gasteiger partial charge in [0.05, 0.1) is 18.9 Å². The number of nitrogens with one attached hydrogen (secondary N) is 2. The number of thioether (sulfide) groups is 1. The van der Waals surface area contributed by atoms with Crippen molar-refractivity contribution >= 4 is 23.5 Å². The smallest absolute Gasteiger partial charge is 0.329 e. The van der Waals surface area contributed by atoms with Gasteiger partial charge >= 0.3 is 5.69 Å². The third-order valence-electron chi connectivity index (χ3n) is 3.11. The van der Waals surface area contributed by atoms with Crippen molar-refractivity contribution < 1.29 is 9.53 Å². The maximum absolute atomic E-state index is 12.2. The van der Waals surface area contributed by atoms with E-state index in [0.29, 0.717) is 5.16 Å². The second-order valence-electron chi connectivity index (χ2n) is 5.24. The molecule has 9 nitrogen and oxygen atoms in total. The van der Waals surface area contributed by atoms with Crippen LogP contribution in [0.15, 0.2) is 26.9 Å². The fourth-order valence-electron chi connectivity index (χ4n) is 2.10. The van der Waals surface area contributed by atoms with Crippen molar-refractivity contribution in [1.82, 2.24) is 19.5 Å². The molecule has 25 heavy (non-hydrogen) atoms. The summed E-state index contributed by atoms with van der Waals surface area (Å²) in [7, 11) is 1.50. The quantitative estimate of drug-likeness (QED) is 0.536. The van der Waals surface area contributed by atoms with E-state index in [0.717, 1.165) is 17.5 Å². The molecular formula is C15H19N5O4S. The Morgan fingerprint density at radius 1 is 1.28 bits per heavy atom. The lowest BCUT2D eigenvalue weighted by Gasteiger charge is -2.12. The van der Waals surface area contributed by atoms with Gasteiger partial charge in [-0.2, -0.15) is 0 Å². The van der Waals surface area contributed by atoms with Crippen LogP contribution in [0.4, 0.5) is 5.82 Å². The first-order chi connectivity index (χ1) is 11.9. The van der Waals surface area contributed by atoms with E-state index in [9.17, 15) is 14.4 Å². The molecule has 2 heterocycles. The number of hydrogen-bond donors (Lipinski definition) is 2. The molecule has 2 aromatic rings. The van der Waals surface area contributed by atoms with Gasteiger partial charge in [-0.25, -0.2) is 14.8 Å². The molecule has 0 spiro atoms. The van der Waals surface area contributed by atoms with Gasteiger partial charge in [-0.15, -0.1) is 0 Å². The van der Waals surface area contributed by atoms with Crippen LogP contribution in [0.3, 0.4) is 0 Å². The van der Waals surface area contributed by atoms with Crippen LogP contribution in [-0.2, 0) is 16.1 Å². The highest BCUT2D eigenvalue weighted by Crippen LogP contribution is 2.14. The first-order valence-corrected chi connectivity index (χ1v) is 8.45. The first kappa shape index (κ1) is 18.9. The summed E-state index contributed by atoms with van der Waals surface area (Å²) in [5.41, 5.74) is 0.446. The van der Waals surface area contributed by atoms with Crippen molar-refractivity contribution in [2.24, 2.45) is 0 Å². The zero-order valence-electron chi connectivity index (χ0n) is 14.2. The second kappa shape index (κ2) is 8.58. The number of carbonyl (C=O) groups is 1. The third kappa shape index (κ3) is 5.54. The van der Waals surface area contributed by atoms with Crippen LogP contribution in [0, 0.1) is 13.8 Å². The van der Waals surface area contributed by atoms with E-state index in [1.807, 2.05) is 19.9 Å². The van der Waals surface area contributed by atoms with E-state index < -0.39 is 11.2 Å². The minimum absolute atomic E-state index is 0.0498. The van der Waals surface area contributed by atoms with Gasteiger partial charge in [0.25, 0.3) is 5.56 Å². The minimum Gasteiger partial charge on any atom is -0.383 e. The Hall–Kier alpha value is -2.46. The van der Waals surface area contributed by atoms with E-state index in [2.05, 4.69) is 20.3 Å². The van der Waals surface area contributed by atoms with Crippen molar-refractivity contribution in [3.05, 3.63) is 44.4 Å². The molecule has 2 rings (SSSR count). The van der Waals surface area contributed by atoms with Crippen LogP contribution < -0.4 is 16.6 Å². The molecule has 0 atom stereocenters. The molecule has 0 saturated heterocycles. The SMILES string of the molecule is COCCn1c(NC(=O)CSc2nc(C)cc(C)n2)cc(=O)[nH]c1=O. The maximum Gasteiger partial charge on any atom is 0.329 e. The molecule has 0 saturated carbocycles. The average molecular weight is 365 g/mol. The number of methoxy groups -OCH3 is 1. The summed E-state index contributed by atoms with van der Waals surface area (Å²) in [5, 5.41) is 3.07. The summed E-state index contributed by atoms with van der Waals surface area (Å²) >= 11 is 1.18. The van der Waals surface area contributed by atoms with Gasteiger partial charge in [-0.1, -0.05) is 11.8 Å². The van der Waals surface area contributed by atoms with Crippen LogP contribution in [0.25, 0.3) is 0 Å². The maximum atomic E-state index is 12.2. The molecule has 0 fully saturated rings. The minimum atomic E-state index is -0.606. The molecule has 1 amide bonds. The van der Waals surface area contributed by atoms with Crippen LogP contribution in [0.5, 0.6) is 0 Å². The van der Waals surface area contributed by atoms with E-state index >= 15 is 0 Å². The van der Waals surface area contributed by atoms with Crippen LogP contribution in [0.1, 0.15) is 11.4 Å². The molecule has 2 N–H and O–H groups in total. The molecule has 0 bridgehead atoms. The number of amides is 1. The monoisotopic (exact) mass is 365 g/mol. The van der Waals surface area contributed by atoms with E-state index in [4.69, 9.17) is 4.74 Å². The number of rotatable bonds is 7. The average Bonchev–Trinajstić information content (AvgIpc) is 2.51. The number of ether oxygens (including phenoxy) is 1. The lowest BCUT2D eigenvalue weighted by atomic mass is 10.4. The molecule has 0 aliphatic rings. The van der Waals surface area contributed by atoms with Gasteiger partial charge in [0.1, 0.15) is 5.82 Å². The fraction of sp³-hybridized carbons (Fsp3) is 0.400. The number of aromatic amines is 1. The lowest BCUT2D eigenvalue weighted by Crippen LogP contribution is -2.34. The summed E-state index contributed by atoms with van der Waals surface area (Å²) in [5.74, 6) is -0.199. The molecule has 2 aromatic heterocycles. The first-order valence-electron chi connectivity index (χ1n) is 7.47. The standard InChI is InChI=1S/C15H19N5O4S/c1-9-6-10(2)17-14(16-9)25-8-13(22)18-11-7-12(21)19-15(23)20(11)4-5-24-3/h6-7H,4-5,8H2,1-3H3,(H,18,22)(H,19,21,23). The van der Waals surface area contributed by atoms with Gasteiger partial charge in [0, 0.05) is 24.6 Å². The van der Waals surface area contributed by atoms with Gasteiger partial charge in [-0.3, -0.25) is 19.1 Å². The molecule has 10 heteroatoms. The normalized spacial score (nSPS) is 10.7. The second-order valence-corrected chi connectivity index (χ2v) is 6.18. The fourth-order valence-corrected chi connectivity index (χ4v) is 2.85. The van der Waals surface area contributed by atoms with E-state index in [1.54, 1.807) is 0 Å². The molecule has 0 aliphatic heterocycles. The largest absolute Gasteiger partial charge is 0.383 e. The van der Waals surface area contributed by atoms with E-state index in [-0.39, 0.29) is 30.6 Å². The lowest BCUT2D eigenvalue weighted by molar-refractivity contribution is -0.113. The van der Waals surface area contributed by atoms with Gasteiger partial charge in [0.15, 0.2) is 5.16 Å². The summed E-state index contributed by atoms with van der Waals surface area (Å²) in [6, 6.07) is 3.00. The Bertz CT molecular complexity index is 857. The number of carbonyl (C=O) groups excluding carboxylic acids is 1. The Labute approximate surface area is 147 Å². The molecule has 0 unspecified atom stereocenters. The highest BCUT2D eigenvalue weighted by molar-refractivity contribution is 7.99. The van der Waals surface area contributed by atoms with Gasteiger partial charge in [0.2, 0.25) is 5.91 Å². The van der Waals surface area contributed by atoms with Crippen molar-refractivity contribution in [2.45, 2.75) is 25.5 Å². The Kier molecular flexibility index (Phi) is 6.48. The van der Waals surface area contributed by atoms with Gasteiger partial charge in [-0.05, 0) is 19.9 Å². The molecular weight excluding hydrogens is 346 g/mol. The molecule has 134 valence electrons. The topological polar surface area (TPSA) is 119 Å². The molecule has 0 radical (unpaired) electrons. The third-order valence-corrected chi connectivity index (χ3v) is 3.96. The number of H-pyrrole nitrogens is 1. The highest BCUT2D eigenvalue weighted by atomic mass is 32.2. The van der Waals surface area contributed by atoms with Crippen molar-refractivity contribution in [2.75, 3.05) is 24.8 Å². The highest BCUT2D eigenvalue weighted by Gasteiger charge is 2.11. The summed E-state index contributed by atoms with van der Waals surface area (Å²) < 4.78 is 6.17. The summed E-state index contributed by atoms with van der Waals surface area (Å²) in [6.07, 6.45) is 0. The zero-order chi connectivity index (χ0) is 18.4. The predicted octanol–water partition coefficient (Wildman–Crippen LogP) is 0.321. The zero-order valence-corrected chi connectivity index (χ0v) is 15.0.